The summed E-state index contributed by atoms with van der Waals surface area (Å²) in [5.41, 5.74) is 5.17. The number of hydrogen-bond donors (Lipinski definition) is 2. The Bertz CT molecular complexity index is 702. The Morgan fingerprint density at radius 2 is 1.24 bits per heavy atom. The molecule has 2 rings (SSSR count). The zero-order valence-corrected chi connectivity index (χ0v) is 18.4. The zero-order chi connectivity index (χ0) is 20.9. The molecule has 0 aliphatic rings. The summed E-state index contributed by atoms with van der Waals surface area (Å²) in [6, 6.07) is 16.8. The second kappa shape index (κ2) is 13.2. The van der Waals surface area contributed by atoms with Crippen LogP contribution in [0.2, 0.25) is 0 Å². The van der Waals surface area contributed by atoms with E-state index in [1.807, 2.05) is 12.1 Å². The van der Waals surface area contributed by atoms with Gasteiger partial charge in [-0.25, -0.2) is 0 Å². The van der Waals surface area contributed by atoms with Crippen LogP contribution < -0.4 is 5.32 Å². The van der Waals surface area contributed by atoms with Crippen LogP contribution in [0.15, 0.2) is 60.8 Å². The van der Waals surface area contributed by atoms with Crippen LogP contribution in [0.3, 0.4) is 0 Å². The van der Waals surface area contributed by atoms with Crippen molar-refractivity contribution in [2.75, 3.05) is 5.32 Å². The molecule has 158 valence electrons. The Labute approximate surface area is 178 Å². The van der Waals surface area contributed by atoms with Gasteiger partial charge in [-0.2, -0.15) is 0 Å². The molecule has 2 N–H and O–H groups in total. The van der Waals surface area contributed by atoms with E-state index in [1.165, 1.54) is 62.5 Å². The van der Waals surface area contributed by atoms with Gasteiger partial charge in [0.25, 0.3) is 0 Å². The molecule has 0 amide bonds. The van der Waals surface area contributed by atoms with Crippen LogP contribution in [0.4, 0.5) is 5.69 Å². The number of aryl methyl sites for hydroxylation is 2. The summed E-state index contributed by atoms with van der Waals surface area (Å²) in [7, 11) is 0. The third-order valence-electron chi connectivity index (χ3n) is 5.52. The van der Waals surface area contributed by atoms with Crippen LogP contribution in [-0.2, 0) is 12.8 Å². The fourth-order valence-electron chi connectivity index (χ4n) is 3.59. The van der Waals surface area contributed by atoms with Crippen LogP contribution >= 0.6 is 0 Å². The number of aliphatic hydroxyl groups excluding tert-OH is 1. The molecule has 0 spiro atoms. The minimum atomic E-state index is -0.710. The molecule has 1 atom stereocenters. The van der Waals surface area contributed by atoms with Crippen molar-refractivity contribution in [3.63, 3.8) is 0 Å². The van der Waals surface area contributed by atoms with Gasteiger partial charge in [0.1, 0.15) is 6.10 Å². The maximum absolute atomic E-state index is 10.6. The lowest BCUT2D eigenvalue weighted by atomic mass is 10.0. The molecule has 2 heteroatoms. The van der Waals surface area contributed by atoms with Gasteiger partial charge in [-0.1, -0.05) is 95.3 Å². The van der Waals surface area contributed by atoms with Crippen molar-refractivity contribution >= 4 is 5.69 Å². The van der Waals surface area contributed by atoms with E-state index in [9.17, 15) is 5.11 Å². The molecule has 0 heterocycles. The highest BCUT2D eigenvalue weighted by Crippen LogP contribution is 2.23. The monoisotopic (exact) mass is 393 g/mol. The average Bonchev–Trinajstić information content (AvgIpc) is 2.75. The molecular formula is C27H39NO. The van der Waals surface area contributed by atoms with E-state index < -0.39 is 6.10 Å². The molecule has 0 aliphatic carbocycles. The van der Waals surface area contributed by atoms with E-state index in [0.717, 1.165) is 24.1 Å². The lowest BCUT2D eigenvalue weighted by molar-refractivity contribution is 0.217. The Morgan fingerprint density at radius 1 is 0.759 bits per heavy atom. The quantitative estimate of drug-likeness (QED) is 0.324. The highest BCUT2D eigenvalue weighted by molar-refractivity contribution is 5.50. The van der Waals surface area contributed by atoms with E-state index in [-0.39, 0.29) is 0 Å². The molecule has 0 radical (unpaired) electrons. The van der Waals surface area contributed by atoms with Crippen LogP contribution in [0.1, 0.15) is 88.0 Å². The van der Waals surface area contributed by atoms with Gasteiger partial charge in [-0.05, 0) is 54.5 Å². The Hall–Kier alpha value is -2.06. The zero-order valence-electron chi connectivity index (χ0n) is 18.4. The molecule has 2 nitrogen and oxygen atoms in total. The summed E-state index contributed by atoms with van der Waals surface area (Å²) in [5, 5.41) is 13.9. The van der Waals surface area contributed by atoms with Gasteiger partial charge < -0.3 is 10.4 Å². The summed E-state index contributed by atoms with van der Waals surface area (Å²) in [6.07, 6.45) is 11.8. The lowest BCUT2D eigenvalue weighted by Crippen LogP contribution is -2.09. The predicted molar refractivity (Wildman–Crippen MR) is 126 cm³/mol. The normalized spacial score (nSPS) is 12.0. The minimum absolute atomic E-state index is 0.608. The molecule has 0 bridgehead atoms. The molecular weight excluding hydrogens is 354 g/mol. The topological polar surface area (TPSA) is 32.3 Å². The summed E-state index contributed by atoms with van der Waals surface area (Å²) in [5.74, 6) is 0. The molecule has 29 heavy (non-hydrogen) atoms. The maximum Gasteiger partial charge on any atom is 0.118 e. The van der Waals surface area contributed by atoms with E-state index in [2.05, 4.69) is 62.1 Å². The fraction of sp³-hybridized carbons (Fsp3) is 0.481. The lowest BCUT2D eigenvalue weighted by Gasteiger charge is -2.17. The first-order valence-corrected chi connectivity index (χ1v) is 11.5. The number of benzene rings is 2. The highest BCUT2D eigenvalue weighted by atomic mass is 16.3. The third-order valence-corrected chi connectivity index (χ3v) is 5.52. The number of rotatable bonds is 14. The molecule has 0 saturated carbocycles. The van der Waals surface area contributed by atoms with Gasteiger partial charge in [0.15, 0.2) is 0 Å². The van der Waals surface area contributed by atoms with Gasteiger partial charge in [-0.15, -0.1) is 0 Å². The first kappa shape index (κ1) is 23.2. The van der Waals surface area contributed by atoms with Crippen molar-refractivity contribution in [3.8, 4) is 0 Å². The standard InChI is InChI=1S/C27H39NO/c1-4-6-8-10-12-23-14-18-25(19-15-23)27(29)22(3)28-26-20-16-24(17-21-26)13-11-9-7-5-2/h14-21,27-29H,3-13H2,1-2H3. The van der Waals surface area contributed by atoms with E-state index in [1.54, 1.807) is 0 Å². The van der Waals surface area contributed by atoms with Crippen LogP contribution in [0.25, 0.3) is 0 Å². The van der Waals surface area contributed by atoms with Gasteiger partial charge in [0.2, 0.25) is 0 Å². The van der Waals surface area contributed by atoms with Gasteiger partial charge in [0, 0.05) is 11.4 Å². The molecule has 2 aromatic carbocycles. The SMILES string of the molecule is C=C(Nc1ccc(CCCCCC)cc1)C(O)c1ccc(CCCCCC)cc1. The Morgan fingerprint density at radius 3 is 1.72 bits per heavy atom. The van der Waals surface area contributed by atoms with Crippen molar-refractivity contribution in [1.82, 2.24) is 0 Å². The van der Waals surface area contributed by atoms with Crippen LogP contribution in [-0.4, -0.2) is 5.11 Å². The maximum atomic E-state index is 10.6. The number of anilines is 1. The number of unbranched alkanes of at least 4 members (excludes halogenated alkanes) is 6. The molecule has 0 aromatic heterocycles. The second-order valence-corrected chi connectivity index (χ2v) is 8.11. The van der Waals surface area contributed by atoms with E-state index in [0.29, 0.717) is 5.70 Å². The molecule has 0 fully saturated rings. The van der Waals surface area contributed by atoms with Gasteiger partial charge in [0.05, 0.1) is 0 Å². The Kier molecular flexibility index (Phi) is 10.6. The predicted octanol–water partition coefficient (Wildman–Crippen LogP) is 7.59. The minimum Gasteiger partial charge on any atom is -0.382 e. The van der Waals surface area contributed by atoms with Gasteiger partial charge in [-0.3, -0.25) is 0 Å². The Balaban J connectivity index is 1.82. The summed E-state index contributed by atoms with van der Waals surface area (Å²) >= 11 is 0. The van der Waals surface area contributed by atoms with Crippen LogP contribution in [0, 0.1) is 0 Å². The van der Waals surface area contributed by atoms with Crippen molar-refractivity contribution in [2.24, 2.45) is 0 Å². The van der Waals surface area contributed by atoms with Crippen molar-refractivity contribution in [2.45, 2.75) is 84.2 Å². The molecule has 1 unspecified atom stereocenters. The van der Waals surface area contributed by atoms with Crippen molar-refractivity contribution in [1.29, 1.82) is 0 Å². The van der Waals surface area contributed by atoms with Crippen molar-refractivity contribution in [3.05, 3.63) is 77.5 Å². The molecule has 0 aliphatic heterocycles. The average molecular weight is 394 g/mol. The highest BCUT2D eigenvalue weighted by Gasteiger charge is 2.12. The number of nitrogens with one attached hydrogen (secondary N) is 1. The third kappa shape index (κ3) is 8.45. The van der Waals surface area contributed by atoms with E-state index in [4.69, 9.17) is 0 Å². The van der Waals surface area contributed by atoms with E-state index >= 15 is 0 Å². The summed E-state index contributed by atoms with van der Waals surface area (Å²) in [6.45, 7) is 8.53. The fourth-order valence-corrected chi connectivity index (χ4v) is 3.59. The smallest absolute Gasteiger partial charge is 0.118 e. The molecule has 0 saturated heterocycles. The first-order valence-electron chi connectivity index (χ1n) is 11.5. The van der Waals surface area contributed by atoms with Gasteiger partial charge >= 0.3 is 0 Å². The molecule has 2 aromatic rings. The first-order chi connectivity index (χ1) is 14.1. The number of hydrogen-bond acceptors (Lipinski definition) is 2. The summed E-state index contributed by atoms with van der Waals surface area (Å²) in [4.78, 5) is 0. The largest absolute Gasteiger partial charge is 0.382 e. The van der Waals surface area contributed by atoms with Crippen molar-refractivity contribution < 1.29 is 5.11 Å². The van der Waals surface area contributed by atoms with Crippen LogP contribution in [0.5, 0.6) is 0 Å². The summed E-state index contributed by atoms with van der Waals surface area (Å²) < 4.78 is 0. The number of aliphatic hydroxyl groups is 1. The second-order valence-electron chi connectivity index (χ2n) is 8.11.